The van der Waals surface area contributed by atoms with Gasteiger partial charge in [0.25, 0.3) is 5.91 Å². The minimum Gasteiger partial charge on any atom is -0.349 e. The van der Waals surface area contributed by atoms with Crippen LogP contribution in [0.2, 0.25) is 0 Å². The first-order chi connectivity index (χ1) is 8.70. The maximum atomic E-state index is 12.1. The van der Waals surface area contributed by atoms with Crippen LogP contribution < -0.4 is 10.6 Å². The first-order valence-corrected chi connectivity index (χ1v) is 6.84. The van der Waals surface area contributed by atoms with Crippen LogP contribution in [0.15, 0.2) is 24.3 Å². The second-order valence-corrected chi connectivity index (χ2v) is 5.65. The molecule has 2 N–H and O–H groups in total. The fourth-order valence-corrected chi connectivity index (χ4v) is 3.15. The van der Waals surface area contributed by atoms with Gasteiger partial charge in [0.15, 0.2) is 0 Å². The Morgan fingerprint density at radius 3 is 2.39 bits per heavy atom. The highest BCUT2D eigenvalue weighted by Gasteiger charge is 2.33. The molecule has 3 nitrogen and oxygen atoms in total. The molecule has 0 radical (unpaired) electrons. The maximum Gasteiger partial charge on any atom is 0.251 e. The van der Waals surface area contributed by atoms with Crippen molar-refractivity contribution in [1.29, 1.82) is 0 Å². The Kier molecular flexibility index (Phi) is 3.08. The smallest absolute Gasteiger partial charge is 0.251 e. The van der Waals surface area contributed by atoms with Crippen LogP contribution >= 0.6 is 0 Å². The average Bonchev–Trinajstić information content (AvgIpc) is 2.69. The molecule has 2 aliphatic heterocycles. The molecule has 1 amide bonds. The van der Waals surface area contributed by atoms with Crippen LogP contribution in [0.3, 0.4) is 0 Å². The minimum atomic E-state index is 0.0706. The zero-order valence-corrected chi connectivity index (χ0v) is 10.8. The van der Waals surface area contributed by atoms with Crippen molar-refractivity contribution in [1.82, 2.24) is 10.6 Å². The van der Waals surface area contributed by atoms with Crippen LogP contribution in [-0.4, -0.2) is 24.0 Å². The van der Waals surface area contributed by atoms with Crippen molar-refractivity contribution < 1.29 is 4.79 Å². The molecule has 2 fully saturated rings. The second-order valence-electron chi connectivity index (χ2n) is 5.65. The van der Waals surface area contributed by atoms with Crippen LogP contribution in [0, 0.1) is 6.92 Å². The van der Waals surface area contributed by atoms with Crippen LogP contribution in [0.1, 0.15) is 41.6 Å². The minimum absolute atomic E-state index is 0.0706. The topological polar surface area (TPSA) is 41.1 Å². The van der Waals surface area contributed by atoms with Crippen molar-refractivity contribution >= 4 is 5.91 Å². The van der Waals surface area contributed by atoms with Crippen LogP contribution in [-0.2, 0) is 0 Å². The van der Waals surface area contributed by atoms with Gasteiger partial charge in [0.1, 0.15) is 0 Å². The van der Waals surface area contributed by atoms with E-state index in [4.69, 9.17) is 0 Å². The Morgan fingerprint density at radius 2 is 1.78 bits per heavy atom. The third kappa shape index (κ3) is 2.41. The van der Waals surface area contributed by atoms with Crippen molar-refractivity contribution in [3.63, 3.8) is 0 Å². The summed E-state index contributed by atoms with van der Waals surface area (Å²) in [5.74, 6) is 0.0706. The Morgan fingerprint density at radius 1 is 1.17 bits per heavy atom. The van der Waals surface area contributed by atoms with E-state index in [0.29, 0.717) is 18.1 Å². The number of benzene rings is 1. The molecule has 2 bridgehead atoms. The number of aryl methyl sites for hydroxylation is 1. The lowest BCUT2D eigenvalue weighted by molar-refractivity contribution is 0.0924. The van der Waals surface area contributed by atoms with E-state index in [0.717, 1.165) is 18.4 Å². The standard InChI is InChI=1S/C15H20N2O/c1-10-2-4-11(5-3-10)15(18)17-14-8-12-6-7-13(9-14)16-12/h2-5,12-14,16H,6-9H2,1H3,(H,17,18)/t12-,13+,14?. The van der Waals surface area contributed by atoms with Crippen molar-refractivity contribution in [3.05, 3.63) is 35.4 Å². The Hall–Kier alpha value is -1.35. The quantitative estimate of drug-likeness (QED) is 0.835. The van der Waals surface area contributed by atoms with Crippen molar-refractivity contribution in [2.75, 3.05) is 0 Å². The molecule has 3 heteroatoms. The molecule has 2 saturated heterocycles. The summed E-state index contributed by atoms with van der Waals surface area (Å²) < 4.78 is 0. The van der Waals surface area contributed by atoms with Crippen molar-refractivity contribution in [3.8, 4) is 0 Å². The summed E-state index contributed by atoms with van der Waals surface area (Å²) in [7, 11) is 0. The molecule has 18 heavy (non-hydrogen) atoms. The van der Waals surface area contributed by atoms with E-state index in [1.54, 1.807) is 0 Å². The summed E-state index contributed by atoms with van der Waals surface area (Å²) in [6, 6.07) is 9.36. The summed E-state index contributed by atoms with van der Waals surface area (Å²) in [5, 5.41) is 6.77. The number of hydrogen-bond acceptors (Lipinski definition) is 2. The van der Waals surface area contributed by atoms with Gasteiger partial charge < -0.3 is 10.6 Å². The van der Waals surface area contributed by atoms with Gasteiger partial charge in [-0.15, -0.1) is 0 Å². The number of fused-ring (bicyclic) bond motifs is 2. The number of piperidine rings is 1. The van der Waals surface area contributed by atoms with E-state index in [1.807, 2.05) is 31.2 Å². The van der Waals surface area contributed by atoms with Crippen LogP contribution in [0.25, 0.3) is 0 Å². The molecule has 3 rings (SSSR count). The fourth-order valence-electron chi connectivity index (χ4n) is 3.15. The van der Waals surface area contributed by atoms with E-state index in [-0.39, 0.29) is 5.91 Å². The summed E-state index contributed by atoms with van der Waals surface area (Å²) >= 11 is 0. The molecule has 0 spiro atoms. The Balaban J connectivity index is 1.62. The predicted molar refractivity (Wildman–Crippen MR) is 71.6 cm³/mol. The first kappa shape index (κ1) is 11.7. The van der Waals surface area contributed by atoms with Gasteiger partial charge in [-0.2, -0.15) is 0 Å². The highest BCUT2D eigenvalue weighted by atomic mass is 16.1. The Labute approximate surface area is 108 Å². The molecule has 1 aromatic rings. The molecular weight excluding hydrogens is 224 g/mol. The summed E-state index contributed by atoms with van der Waals surface area (Å²) in [6.45, 7) is 2.03. The summed E-state index contributed by atoms with van der Waals surface area (Å²) in [6.07, 6.45) is 4.69. The van der Waals surface area contributed by atoms with Gasteiger partial charge in [0, 0.05) is 23.7 Å². The van der Waals surface area contributed by atoms with Crippen LogP contribution in [0.5, 0.6) is 0 Å². The first-order valence-electron chi connectivity index (χ1n) is 6.84. The molecule has 2 heterocycles. The zero-order chi connectivity index (χ0) is 12.5. The Bertz CT molecular complexity index is 428. The number of carbonyl (C=O) groups is 1. The largest absolute Gasteiger partial charge is 0.349 e. The van der Waals surface area contributed by atoms with Gasteiger partial charge in [-0.25, -0.2) is 0 Å². The fraction of sp³-hybridized carbons (Fsp3) is 0.533. The van der Waals surface area contributed by atoms with E-state index < -0.39 is 0 Å². The number of nitrogens with one attached hydrogen (secondary N) is 2. The molecule has 96 valence electrons. The number of carbonyl (C=O) groups excluding carboxylic acids is 1. The molecule has 2 aliphatic rings. The molecule has 1 aromatic carbocycles. The van der Waals surface area contributed by atoms with E-state index >= 15 is 0 Å². The van der Waals surface area contributed by atoms with E-state index in [9.17, 15) is 4.79 Å². The molecule has 0 saturated carbocycles. The normalized spacial score (nSPS) is 30.2. The molecule has 0 aromatic heterocycles. The number of rotatable bonds is 2. The maximum absolute atomic E-state index is 12.1. The molecular formula is C15H20N2O. The van der Waals surface area contributed by atoms with Gasteiger partial charge in [-0.1, -0.05) is 17.7 Å². The van der Waals surface area contributed by atoms with E-state index in [1.165, 1.54) is 18.4 Å². The van der Waals surface area contributed by atoms with Gasteiger partial charge in [-0.05, 0) is 44.7 Å². The van der Waals surface area contributed by atoms with Gasteiger partial charge in [-0.3, -0.25) is 4.79 Å². The third-order valence-electron chi connectivity index (χ3n) is 4.12. The lowest BCUT2D eigenvalue weighted by atomic mass is 9.99. The summed E-state index contributed by atoms with van der Waals surface area (Å²) in [4.78, 5) is 12.1. The lowest BCUT2D eigenvalue weighted by Gasteiger charge is -2.29. The SMILES string of the molecule is Cc1ccc(C(=O)NC2C[C@H]3CC[C@@H](C2)N3)cc1. The lowest BCUT2D eigenvalue weighted by Crippen LogP contribution is -2.48. The predicted octanol–water partition coefficient (Wildman–Crippen LogP) is 2.01. The van der Waals surface area contributed by atoms with Gasteiger partial charge in [0.05, 0.1) is 0 Å². The average molecular weight is 244 g/mol. The van der Waals surface area contributed by atoms with Gasteiger partial charge >= 0.3 is 0 Å². The monoisotopic (exact) mass is 244 g/mol. The highest BCUT2D eigenvalue weighted by Crippen LogP contribution is 2.26. The summed E-state index contributed by atoms with van der Waals surface area (Å²) in [5.41, 5.74) is 1.96. The molecule has 1 unspecified atom stereocenters. The van der Waals surface area contributed by atoms with E-state index in [2.05, 4.69) is 10.6 Å². The molecule has 0 aliphatic carbocycles. The number of amides is 1. The molecule has 3 atom stereocenters. The second kappa shape index (κ2) is 4.73. The number of hydrogen-bond donors (Lipinski definition) is 2. The van der Waals surface area contributed by atoms with Crippen LogP contribution in [0.4, 0.5) is 0 Å². The van der Waals surface area contributed by atoms with Crippen molar-refractivity contribution in [2.24, 2.45) is 0 Å². The zero-order valence-electron chi connectivity index (χ0n) is 10.8. The third-order valence-corrected chi connectivity index (χ3v) is 4.12. The highest BCUT2D eigenvalue weighted by molar-refractivity contribution is 5.94. The van der Waals surface area contributed by atoms with Gasteiger partial charge in [0.2, 0.25) is 0 Å². The van der Waals surface area contributed by atoms with Crippen molar-refractivity contribution in [2.45, 2.75) is 50.7 Å².